The predicted octanol–water partition coefficient (Wildman–Crippen LogP) is -0.462. The van der Waals surface area contributed by atoms with E-state index < -0.39 is 49.1 Å². The third kappa shape index (κ3) is 2.90. The SMILES string of the molecule is CCC(=O)O[C@@H]1[C@H]2OC(C)(C)O[C@H]2O[C@@H]1[C@H](O)CO. The first kappa shape index (κ1) is 14.7. The van der Waals surface area contributed by atoms with E-state index >= 15 is 0 Å². The summed E-state index contributed by atoms with van der Waals surface area (Å²) >= 11 is 0. The van der Waals surface area contributed by atoms with Gasteiger partial charge in [-0.2, -0.15) is 0 Å². The highest BCUT2D eigenvalue weighted by molar-refractivity contribution is 5.69. The van der Waals surface area contributed by atoms with E-state index in [-0.39, 0.29) is 6.42 Å². The highest BCUT2D eigenvalue weighted by Crippen LogP contribution is 2.39. The minimum atomic E-state index is -1.16. The zero-order valence-electron chi connectivity index (χ0n) is 11.2. The first-order chi connectivity index (χ1) is 8.88. The molecule has 19 heavy (non-hydrogen) atoms. The molecule has 2 aliphatic rings. The van der Waals surface area contributed by atoms with Crippen molar-refractivity contribution in [2.24, 2.45) is 0 Å². The smallest absolute Gasteiger partial charge is 0.305 e. The fraction of sp³-hybridized carbons (Fsp3) is 0.917. The molecule has 2 saturated heterocycles. The van der Waals surface area contributed by atoms with Crippen LogP contribution in [0.5, 0.6) is 0 Å². The Morgan fingerprint density at radius 1 is 1.42 bits per heavy atom. The van der Waals surface area contributed by atoms with Crippen molar-refractivity contribution in [2.75, 3.05) is 6.61 Å². The fourth-order valence-electron chi connectivity index (χ4n) is 2.29. The molecule has 5 atom stereocenters. The van der Waals surface area contributed by atoms with Crippen LogP contribution in [0.4, 0.5) is 0 Å². The van der Waals surface area contributed by atoms with Crippen LogP contribution in [0, 0.1) is 0 Å². The lowest BCUT2D eigenvalue weighted by atomic mass is 10.1. The van der Waals surface area contributed by atoms with Crippen molar-refractivity contribution in [1.29, 1.82) is 0 Å². The number of esters is 1. The zero-order valence-corrected chi connectivity index (χ0v) is 11.2. The van der Waals surface area contributed by atoms with Crippen LogP contribution in [0.15, 0.2) is 0 Å². The Bertz CT molecular complexity index is 343. The van der Waals surface area contributed by atoms with Crippen molar-refractivity contribution < 1.29 is 34.0 Å². The Morgan fingerprint density at radius 2 is 2.11 bits per heavy atom. The minimum Gasteiger partial charge on any atom is -0.456 e. The van der Waals surface area contributed by atoms with Crippen molar-refractivity contribution in [1.82, 2.24) is 0 Å². The van der Waals surface area contributed by atoms with Gasteiger partial charge >= 0.3 is 5.97 Å². The van der Waals surface area contributed by atoms with E-state index in [9.17, 15) is 9.90 Å². The maximum atomic E-state index is 11.5. The Morgan fingerprint density at radius 3 is 2.68 bits per heavy atom. The topological polar surface area (TPSA) is 94.5 Å². The van der Waals surface area contributed by atoms with Crippen molar-refractivity contribution in [3.63, 3.8) is 0 Å². The standard InChI is InChI=1S/C12H20O7/c1-4-7(15)16-9-8(6(14)5-13)17-11-10(9)18-12(2,3)19-11/h6,8-11,13-14H,4-5H2,1-3H3/t6-,8-,9+,10-,11-/m1/s1. The highest BCUT2D eigenvalue weighted by Gasteiger charge is 2.58. The first-order valence-electron chi connectivity index (χ1n) is 6.37. The molecule has 0 aliphatic carbocycles. The van der Waals surface area contributed by atoms with Gasteiger partial charge in [0.1, 0.15) is 12.2 Å². The number of carbonyl (C=O) groups is 1. The molecule has 2 rings (SSSR count). The summed E-state index contributed by atoms with van der Waals surface area (Å²) in [6.07, 6.45) is -3.91. The maximum Gasteiger partial charge on any atom is 0.305 e. The Balaban J connectivity index is 2.13. The number of aliphatic hydroxyl groups excluding tert-OH is 2. The van der Waals surface area contributed by atoms with Crippen LogP contribution in [0.25, 0.3) is 0 Å². The molecule has 0 spiro atoms. The van der Waals surface area contributed by atoms with Crippen molar-refractivity contribution in [2.45, 2.75) is 63.7 Å². The lowest BCUT2D eigenvalue weighted by Gasteiger charge is -2.27. The third-order valence-electron chi connectivity index (χ3n) is 3.15. The summed E-state index contributed by atoms with van der Waals surface area (Å²) in [4.78, 5) is 11.5. The molecule has 2 heterocycles. The van der Waals surface area contributed by atoms with Crippen molar-refractivity contribution in [3.8, 4) is 0 Å². The van der Waals surface area contributed by atoms with Crippen LogP contribution in [-0.2, 0) is 23.7 Å². The summed E-state index contributed by atoms with van der Waals surface area (Å²) < 4.78 is 21.9. The van der Waals surface area contributed by atoms with Crippen LogP contribution in [0.3, 0.4) is 0 Å². The van der Waals surface area contributed by atoms with Crippen LogP contribution in [0.2, 0.25) is 0 Å². The molecule has 7 nitrogen and oxygen atoms in total. The maximum absolute atomic E-state index is 11.5. The van der Waals surface area contributed by atoms with Crippen molar-refractivity contribution in [3.05, 3.63) is 0 Å². The van der Waals surface area contributed by atoms with Crippen LogP contribution >= 0.6 is 0 Å². The summed E-state index contributed by atoms with van der Waals surface area (Å²) in [6.45, 7) is 4.63. The van der Waals surface area contributed by atoms with E-state index in [2.05, 4.69) is 0 Å². The van der Waals surface area contributed by atoms with E-state index in [0.717, 1.165) is 0 Å². The fourth-order valence-corrected chi connectivity index (χ4v) is 2.29. The quantitative estimate of drug-likeness (QED) is 0.671. The summed E-state index contributed by atoms with van der Waals surface area (Å²) in [5.74, 6) is -1.25. The summed E-state index contributed by atoms with van der Waals surface area (Å²) in [5.41, 5.74) is 0. The van der Waals surface area contributed by atoms with Gasteiger partial charge in [0.05, 0.1) is 6.61 Å². The molecule has 2 fully saturated rings. The van der Waals surface area contributed by atoms with E-state index in [1.54, 1.807) is 20.8 Å². The number of fused-ring (bicyclic) bond motifs is 1. The van der Waals surface area contributed by atoms with E-state index in [0.29, 0.717) is 0 Å². The molecule has 110 valence electrons. The molecular weight excluding hydrogens is 256 g/mol. The van der Waals surface area contributed by atoms with Gasteiger partial charge in [0, 0.05) is 6.42 Å². The number of hydrogen-bond acceptors (Lipinski definition) is 7. The second-order valence-electron chi connectivity index (χ2n) is 5.13. The zero-order chi connectivity index (χ0) is 14.2. The number of rotatable bonds is 4. The average Bonchev–Trinajstić information content (AvgIpc) is 2.81. The van der Waals surface area contributed by atoms with Gasteiger partial charge in [0.25, 0.3) is 0 Å². The molecule has 7 heteroatoms. The summed E-state index contributed by atoms with van der Waals surface area (Å²) in [6, 6.07) is 0. The highest BCUT2D eigenvalue weighted by atomic mass is 16.8. The number of carbonyl (C=O) groups excluding carboxylic acids is 1. The van der Waals surface area contributed by atoms with Gasteiger partial charge in [0.2, 0.25) is 0 Å². The second kappa shape index (κ2) is 5.34. The summed E-state index contributed by atoms with van der Waals surface area (Å²) in [7, 11) is 0. The van der Waals surface area contributed by atoms with E-state index in [4.69, 9.17) is 24.1 Å². The minimum absolute atomic E-state index is 0.208. The first-order valence-corrected chi connectivity index (χ1v) is 6.37. The third-order valence-corrected chi connectivity index (χ3v) is 3.15. The lowest BCUT2D eigenvalue weighted by molar-refractivity contribution is -0.231. The lowest BCUT2D eigenvalue weighted by Crippen LogP contribution is -2.44. The van der Waals surface area contributed by atoms with Gasteiger partial charge in [-0.15, -0.1) is 0 Å². The number of ether oxygens (including phenoxy) is 4. The van der Waals surface area contributed by atoms with Gasteiger partial charge in [0.15, 0.2) is 24.3 Å². The number of hydrogen-bond donors (Lipinski definition) is 2. The van der Waals surface area contributed by atoms with Gasteiger partial charge in [-0.25, -0.2) is 0 Å². The molecule has 2 aliphatic heterocycles. The molecule has 0 bridgehead atoms. The van der Waals surface area contributed by atoms with E-state index in [1.807, 2.05) is 0 Å². The Kier molecular flexibility index (Phi) is 4.12. The second-order valence-corrected chi connectivity index (χ2v) is 5.13. The monoisotopic (exact) mass is 276 g/mol. The molecule has 0 aromatic heterocycles. The molecule has 0 aromatic rings. The molecular formula is C12H20O7. The van der Waals surface area contributed by atoms with Gasteiger partial charge < -0.3 is 29.2 Å². The molecule has 0 saturated carbocycles. The Hall–Kier alpha value is -0.730. The summed E-state index contributed by atoms with van der Waals surface area (Å²) in [5, 5.41) is 18.7. The van der Waals surface area contributed by atoms with Gasteiger partial charge in [-0.1, -0.05) is 6.92 Å². The molecule has 2 N–H and O–H groups in total. The predicted molar refractivity (Wildman–Crippen MR) is 62.0 cm³/mol. The molecule has 0 aromatic carbocycles. The Labute approximate surface area is 111 Å². The van der Waals surface area contributed by atoms with Crippen LogP contribution in [0.1, 0.15) is 27.2 Å². The normalized spacial score (nSPS) is 37.9. The van der Waals surface area contributed by atoms with Gasteiger partial charge in [-0.3, -0.25) is 4.79 Å². The van der Waals surface area contributed by atoms with Crippen LogP contribution in [-0.4, -0.2) is 59.3 Å². The largest absolute Gasteiger partial charge is 0.456 e. The van der Waals surface area contributed by atoms with Gasteiger partial charge in [-0.05, 0) is 13.8 Å². The molecule has 0 amide bonds. The average molecular weight is 276 g/mol. The van der Waals surface area contributed by atoms with Crippen molar-refractivity contribution >= 4 is 5.97 Å². The molecule has 0 radical (unpaired) electrons. The number of aliphatic hydroxyl groups is 2. The van der Waals surface area contributed by atoms with Crippen LogP contribution < -0.4 is 0 Å². The molecule has 0 unspecified atom stereocenters. The van der Waals surface area contributed by atoms with E-state index in [1.165, 1.54) is 0 Å².